The van der Waals surface area contributed by atoms with Crippen molar-refractivity contribution in [2.45, 2.75) is 136 Å². The Morgan fingerprint density at radius 2 is 0.769 bits per heavy atom. The number of hydrogen-bond acceptors (Lipinski definition) is 23. The van der Waals surface area contributed by atoms with E-state index >= 15 is 0 Å². The number of rotatable bonds is 7. The van der Waals surface area contributed by atoms with Crippen LogP contribution in [0.2, 0.25) is 10.0 Å². The van der Waals surface area contributed by atoms with E-state index < -0.39 is 45.0 Å². The lowest BCUT2D eigenvalue weighted by Gasteiger charge is -2.22. The van der Waals surface area contributed by atoms with Crippen LogP contribution in [0.4, 0.5) is 44.2 Å². The van der Waals surface area contributed by atoms with Crippen molar-refractivity contribution in [3.8, 4) is 0 Å². The number of para-hydroxylation sites is 1. The van der Waals surface area contributed by atoms with Crippen molar-refractivity contribution in [2.24, 2.45) is 0 Å². The first-order chi connectivity index (χ1) is 50.1. The molecule has 7 heterocycles. The van der Waals surface area contributed by atoms with Gasteiger partial charge < -0.3 is 75.9 Å². The first-order valence-corrected chi connectivity index (χ1v) is 34.8. The maximum absolute atomic E-state index is 14.0. The summed E-state index contributed by atoms with van der Waals surface area (Å²) >= 11 is 11.6. The normalized spacial score (nSPS) is 12.0. The highest BCUT2D eigenvalue weighted by molar-refractivity contribution is 6.31. The van der Waals surface area contributed by atoms with Gasteiger partial charge in [0.15, 0.2) is 5.82 Å². The van der Waals surface area contributed by atoms with Crippen molar-refractivity contribution in [1.82, 2.24) is 44.9 Å². The topological polar surface area (TPSA) is 440 Å². The molecule has 564 valence electrons. The summed E-state index contributed by atoms with van der Waals surface area (Å²) < 4.78 is 14.0. The van der Waals surface area contributed by atoms with Crippen LogP contribution in [0.5, 0.6) is 0 Å². The van der Waals surface area contributed by atoms with Gasteiger partial charge in [0, 0.05) is 118 Å². The average molecular weight is 1500 g/mol. The predicted octanol–water partition coefficient (Wildman–Crippen LogP) is 14.5. The Morgan fingerprint density at radius 1 is 0.333 bits per heavy atom. The third kappa shape index (κ3) is 20.4. The SMILES string of the molecule is CC(C)(O)c1c(N)cnc2ccc(Cl)c(F)c12.CC(C)(O)c1cc2cccnc2cc1N.CC(C)(O)c1cc2cncnc2cc1N.CC(C)(O)c1ccc2ncccc2c1N.CC(C)(O)c1ccc2ncncc2c1N.CC(C)(O)c1nc2ccc(Cl)cc2cc1N.CC(C)(O)c1nc2ccccc2cc1N. The van der Waals surface area contributed by atoms with E-state index in [1.165, 1.54) is 24.9 Å². The lowest BCUT2D eigenvalue weighted by Crippen LogP contribution is -2.19. The molecule has 21 N–H and O–H groups in total. The second-order valence-corrected chi connectivity index (χ2v) is 30.2. The maximum atomic E-state index is 14.0. The van der Waals surface area contributed by atoms with Gasteiger partial charge in [0.05, 0.1) is 106 Å². The standard InChI is InChI=1S/C12H12ClFN2O.C12H13ClN2O.3C12H14N2O.2C11H13N3O/c1-12(2,17)10-7(15)5-16-8-4-3-6(13)11(14)9(8)10;1-12(2,16)11-9(14)6-7-5-8(13)3-4-10(7)15-11;1-12(2,15)9-5-6-10-8(11(9)13)4-3-7-14-10;1-12(2,15)9-6-8-4-3-5-14-11(8)7-10(9)13;1-12(2,15)11-9(13)7-8-5-3-4-6-10(8)14-11;1-11(2,15)8-3-7-5-13-6-14-10(7)4-9(8)12;1-11(2,15)8-3-4-9-7(10(8)12)5-13-6-14-9/h3-5,17H,15H2,1-2H3;3-6,16H,14H2,1-2H3;3*3-7,15H,13H2,1-2H3;2*3-6,15H,12H2,1-2H3. The second-order valence-electron chi connectivity index (χ2n) is 29.4. The van der Waals surface area contributed by atoms with Crippen LogP contribution in [0.1, 0.15) is 136 Å². The van der Waals surface area contributed by atoms with Gasteiger partial charge in [-0.25, -0.2) is 34.3 Å². The van der Waals surface area contributed by atoms with Crippen LogP contribution in [0.15, 0.2) is 183 Å². The lowest BCUT2D eigenvalue weighted by atomic mass is 9.93. The Bertz CT molecular complexity index is 5200. The van der Waals surface area contributed by atoms with Crippen molar-refractivity contribution >= 4 is 139 Å². The molecule has 0 saturated heterocycles. The molecule has 108 heavy (non-hydrogen) atoms. The number of benzene rings is 7. The van der Waals surface area contributed by atoms with Crippen LogP contribution in [0, 0.1) is 5.82 Å². The van der Waals surface area contributed by atoms with Gasteiger partial charge in [0.1, 0.15) is 23.9 Å². The van der Waals surface area contributed by atoms with E-state index in [1.807, 2.05) is 91.0 Å². The van der Waals surface area contributed by atoms with Crippen LogP contribution in [0.25, 0.3) is 76.3 Å². The molecule has 0 amide bonds. The minimum atomic E-state index is -1.27. The van der Waals surface area contributed by atoms with Crippen molar-refractivity contribution in [3.05, 3.63) is 238 Å². The van der Waals surface area contributed by atoms with Gasteiger partial charge in [-0.15, -0.1) is 0 Å². The number of nitrogens with two attached hydrogens (primary N) is 7. The molecule has 0 aliphatic rings. The molecule has 14 aromatic rings. The largest absolute Gasteiger partial charge is 0.398 e. The van der Waals surface area contributed by atoms with E-state index in [4.69, 9.17) is 63.3 Å². The monoisotopic (exact) mass is 1500 g/mol. The summed E-state index contributed by atoms with van der Waals surface area (Å²) in [4.78, 5) is 37.2. The Hall–Kier alpha value is -10.9. The lowest BCUT2D eigenvalue weighted by molar-refractivity contribution is 0.0745. The quantitative estimate of drug-likeness (QED) is 0.0659. The number of pyridine rings is 5. The fourth-order valence-corrected chi connectivity index (χ4v) is 12.1. The molecule has 0 radical (unpaired) electrons. The van der Waals surface area contributed by atoms with Crippen LogP contribution in [0.3, 0.4) is 0 Å². The van der Waals surface area contributed by atoms with Crippen molar-refractivity contribution < 1.29 is 40.1 Å². The van der Waals surface area contributed by atoms with E-state index in [9.17, 15) is 40.1 Å². The van der Waals surface area contributed by atoms with Gasteiger partial charge >= 0.3 is 0 Å². The molecule has 7 aromatic carbocycles. The Kier molecular flexibility index (Phi) is 25.0. The fraction of sp³-hybridized carbons (Fsp3) is 0.256. The summed E-state index contributed by atoms with van der Waals surface area (Å²) in [6, 6.07) is 41.9. The summed E-state index contributed by atoms with van der Waals surface area (Å²) in [5.41, 5.74) is 47.1. The van der Waals surface area contributed by atoms with Gasteiger partial charge in [-0.05, 0) is 200 Å². The van der Waals surface area contributed by atoms with Gasteiger partial charge in [0.25, 0.3) is 0 Å². The molecule has 0 spiro atoms. The van der Waals surface area contributed by atoms with Crippen LogP contribution in [-0.4, -0.2) is 80.6 Å². The summed E-state index contributed by atoms with van der Waals surface area (Å²) in [6.45, 7) is 23.5. The molecule has 0 unspecified atom stereocenters. The fourth-order valence-electron chi connectivity index (χ4n) is 11.7. The molecule has 0 aliphatic carbocycles. The average Bonchev–Trinajstić information content (AvgIpc) is 0.771. The smallest absolute Gasteiger partial charge is 0.151 e. The maximum Gasteiger partial charge on any atom is 0.151 e. The number of halogens is 3. The van der Waals surface area contributed by atoms with E-state index in [-0.39, 0.29) is 16.1 Å². The number of aromatic nitrogens is 9. The van der Waals surface area contributed by atoms with Gasteiger partial charge in [-0.1, -0.05) is 59.6 Å². The zero-order valence-electron chi connectivity index (χ0n) is 62.7. The van der Waals surface area contributed by atoms with Crippen molar-refractivity contribution in [2.75, 3.05) is 40.1 Å². The molecule has 0 atom stereocenters. The summed E-state index contributed by atoms with van der Waals surface area (Å²) in [5, 5.41) is 75.7. The summed E-state index contributed by atoms with van der Waals surface area (Å²) in [6.07, 6.45) is 11.2. The molecular weight excluding hydrogens is 1410 g/mol. The summed E-state index contributed by atoms with van der Waals surface area (Å²) in [7, 11) is 0. The second kappa shape index (κ2) is 32.7. The third-order valence-electron chi connectivity index (χ3n) is 16.9. The Labute approximate surface area is 635 Å². The van der Waals surface area contributed by atoms with Crippen LogP contribution >= 0.6 is 23.2 Å². The van der Waals surface area contributed by atoms with Crippen molar-refractivity contribution in [1.29, 1.82) is 0 Å². The van der Waals surface area contributed by atoms with E-state index in [2.05, 4.69) is 44.9 Å². The van der Waals surface area contributed by atoms with Crippen molar-refractivity contribution in [3.63, 3.8) is 0 Å². The minimum absolute atomic E-state index is 0.0181. The van der Waals surface area contributed by atoms with Gasteiger partial charge in [-0.2, -0.15) is 0 Å². The molecule has 14 rings (SSSR count). The number of aliphatic hydroxyl groups is 7. The molecule has 7 aromatic heterocycles. The molecule has 0 aliphatic heterocycles. The zero-order valence-corrected chi connectivity index (χ0v) is 64.2. The molecule has 26 heteroatoms. The Morgan fingerprint density at radius 3 is 1.31 bits per heavy atom. The van der Waals surface area contributed by atoms with Crippen LogP contribution < -0.4 is 40.1 Å². The molecule has 0 bridgehead atoms. The predicted molar refractivity (Wildman–Crippen MR) is 435 cm³/mol. The number of fused-ring (bicyclic) bond motifs is 7. The molecule has 0 saturated carbocycles. The highest BCUT2D eigenvalue weighted by atomic mass is 35.5. The highest BCUT2D eigenvalue weighted by Gasteiger charge is 2.28. The van der Waals surface area contributed by atoms with Crippen LogP contribution in [-0.2, 0) is 39.2 Å². The zero-order chi connectivity index (χ0) is 80.0. The summed E-state index contributed by atoms with van der Waals surface area (Å²) in [5.74, 6) is -0.610. The number of anilines is 7. The molecule has 0 fully saturated rings. The third-order valence-corrected chi connectivity index (χ3v) is 17.5. The van der Waals surface area contributed by atoms with E-state index in [0.717, 1.165) is 76.5 Å². The Balaban J connectivity index is 0.000000159. The molecular formula is C82H93Cl2FN16O7. The van der Waals surface area contributed by atoms with E-state index in [1.54, 1.807) is 164 Å². The van der Waals surface area contributed by atoms with Gasteiger partial charge in [-0.3, -0.25) is 15.0 Å². The highest BCUT2D eigenvalue weighted by Crippen LogP contribution is 2.38. The number of nitrogen functional groups attached to an aromatic ring is 7. The number of nitrogens with zero attached hydrogens (tertiary/aromatic N) is 9. The first kappa shape index (κ1) is 82.7. The number of hydrogen-bond donors (Lipinski definition) is 14. The minimum Gasteiger partial charge on any atom is -0.398 e. The first-order valence-electron chi connectivity index (χ1n) is 34.0. The molecule has 23 nitrogen and oxygen atoms in total. The van der Waals surface area contributed by atoms with E-state index in [0.29, 0.717) is 72.7 Å². The van der Waals surface area contributed by atoms with Gasteiger partial charge in [0.2, 0.25) is 0 Å².